The number of carboxylic acids is 1. The third-order valence-corrected chi connectivity index (χ3v) is 2.76. The van der Waals surface area contributed by atoms with E-state index in [-0.39, 0.29) is 18.7 Å². The molecule has 0 aliphatic carbocycles. The molecule has 21 heavy (non-hydrogen) atoms. The number of hydrogen-bond acceptors (Lipinski definition) is 6. The zero-order valence-corrected chi connectivity index (χ0v) is 11.6. The molecule has 0 spiro atoms. The summed E-state index contributed by atoms with van der Waals surface area (Å²) in [6.07, 6.45) is 1.76. The van der Waals surface area contributed by atoms with Gasteiger partial charge in [0.25, 0.3) is 0 Å². The summed E-state index contributed by atoms with van der Waals surface area (Å²) in [7, 11) is 0. The topological polar surface area (TPSA) is 118 Å². The molecule has 2 heterocycles. The first kappa shape index (κ1) is 14.8. The molecule has 0 atom stereocenters. The molecule has 0 fully saturated rings. The molecule has 1 amide bonds. The highest BCUT2D eigenvalue weighted by Crippen LogP contribution is 2.16. The molecule has 2 aromatic heterocycles. The van der Waals surface area contributed by atoms with Gasteiger partial charge in [-0.1, -0.05) is 5.16 Å². The summed E-state index contributed by atoms with van der Waals surface area (Å²) in [6, 6.07) is 3.39. The number of aryl methyl sites for hydroxylation is 1. The van der Waals surface area contributed by atoms with E-state index >= 15 is 0 Å². The van der Waals surface area contributed by atoms with Crippen molar-refractivity contribution in [2.24, 2.45) is 0 Å². The molecule has 112 valence electrons. The van der Waals surface area contributed by atoms with Gasteiger partial charge in [-0.2, -0.15) is 4.98 Å². The van der Waals surface area contributed by atoms with Gasteiger partial charge in [-0.05, 0) is 26.0 Å². The fourth-order valence-electron chi connectivity index (χ4n) is 1.55. The van der Waals surface area contributed by atoms with E-state index in [1.807, 2.05) is 0 Å². The Labute approximate surface area is 120 Å². The van der Waals surface area contributed by atoms with Gasteiger partial charge in [0.15, 0.2) is 5.76 Å². The molecule has 2 aromatic rings. The maximum absolute atomic E-state index is 11.7. The molecule has 0 aliphatic heterocycles. The summed E-state index contributed by atoms with van der Waals surface area (Å²) in [6.45, 7) is 2.82. The second kappa shape index (κ2) is 5.78. The van der Waals surface area contributed by atoms with Gasteiger partial charge in [0.2, 0.25) is 17.6 Å². The SMILES string of the molecule is CC(C)(NC(=O)CCc1nc(-c2ccco2)no1)C(=O)O. The van der Waals surface area contributed by atoms with Crippen LogP contribution < -0.4 is 5.32 Å². The van der Waals surface area contributed by atoms with Crippen molar-refractivity contribution in [1.29, 1.82) is 0 Å². The van der Waals surface area contributed by atoms with Gasteiger partial charge in [-0.15, -0.1) is 0 Å². The number of carbonyl (C=O) groups is 2. The van der Waals surface area contributed by atoms with Gasteiger partial charge in [0, 0.05) is 12.8 Å². The molecule has 2 rings (SSSR count). The summed E-state index contributed by atoms with van der Waals surface area (Å²) in [5, 5.41) is 15.1. The normalized spacial score (nSPS) is 11.3. The molecule has 2 N–H and O–H groups in total. The molecular weight excluding hydrogens is 278 g/mol. The van der Waals surface area contributed by atoms with Crippen LogP contribution >= 0.6 is 0 Å². The quantitative estimate of drug-likeness (QED) is 0.822. The summed E-state index contributed by atoms with van der Waals surface area (Å²) in [4.78, 5) is 26.7. The van der Waals surface area contributed by atoms with Crippen LogP contribution in [0.4, 0.5) is 0 Å². The van der Waals surface area contributed by atoms with Crippen LogP contribution in [0.1, 0.15) is 26.2 Å². The summed E-state index contributed by atoms with van der Waals surface area (Å²) in [5.41, 5.74) is -1.31. The molecule has 0 bridgehead atoms. The van der Waals surface area contributed by atoms with E-state index in [1.165, 1.54) is 20.1 Å². The van der Waals surface area contributed by atoms with Gasteiger partial charge < -0.3 is 19.4 Å². The number of nitrogens with zero attached hydrogens (tertiary/aromatic N) is 2. The molecule has 0 radical (unpaired) electrons. The van der Waals surface area contributed by atoms with Crippen molar-refractivity contribution in [3.8, 4) is 11.6 Å². The van der Waals surface area contributed by atoms with Gasteiger partial charge >= 0.3 is 5.97 Å². The van der Waals surface area contributed by atoms with Crippen LogP contribution in [-0.4, -0.2) is 32.7 Å². The highest BCUT2D eigenvalue weighted by molar-refractivity contribution is 5.86. The van der Waals surface area contributed by atoms with E-state index < -0.39 is 17.4 Å². The summed E-state index contributed by atoms with van der Waals surface area (Å²) >= 11 is 0. The minimum atomic E-state index is -1.31. The zero-order valence-electron chi connectivity index (χ0n) is 11.6. The van der Waals surface area contributed by atoms with Crippen molar-refractivity contribution in [2.45, 2.75) is 32.2 Å². The molecule has 0 aliphatic rings. The molecule has 0 unspecified atom stereocenters. The van der Waals surface area contributed by atoms with Crippen LogP contribution in [0.5, 0.6) is 0 Å². The number of rotatable bonds is 6. The highest BCUT2D eigenvalue weighted by atomic mass is 16.5. The lowest BCUT2D eigenvalue weighted by Crippen LogP contribution is -2.49. The predicted octanol–water partition coefficient (Wildman–Crippen LogP) is 1.24. The van der Waals surface area contributed by atoms with Crippen LogP contribution in [0.2, 0.25) is 0 Å². The first-order valence-corrected chi connectivity index (χ1v) is 6.29. The Morgan fingerprint density at radius 2 is 2.19 bits per heavy atom. The number of amides is 1. The first-order valence-electron chi connectivity index (χ1n) is 6.29. The molecule has 8 nitrogen and oxygen atoms in total. The van der Waals surface area contributed by atoms with E-state index in [9.17, 15) is 9.59 Å². The maximum atomic E-state index is 11.7. The third kappa shape index (κ3) is 3.68. The van der Waals surface area contributed by atoms with Crippen LogP contribution in [-0.2, 0) is 16.0 Å². The Bertz CT molecular complexity index is 630. The van der Waals surface area contributed by atoms with Crippen molar-refractivity contribution >= 4 is 11.9 Å². The number of carboxylic acid groups (broad SMARTS) is 1. The average Bonchev–Trinajstić information content (AvgIpc) is 3.06. The van der Waals surface area contributed by atoms with Crippen LogP contribution in [0.3, 0.4) is 0 Å². The molecule has 8 heteroatoms. The summed E-state index contributed by atoms with van der Waals surface area (Å²) in [5.74, 6) is -0.443. The van der Waals surface area contributed by atoms with E-state index in [0.29, 0.717) is 11.6 Å². The Hall–Kier alpha value is -2.64. The predicted molar refractivity (Wildman–Crippen MR) is 70.2 cm³/mol. The number of furan rings is 1. The van der Waals surface area contributed by atoms with E-state index in [0.717, 1.165) is 0 Å². The van der Waals surface area contributed by atoms with Gasteiger partial charge in [0.1, 0.15) is 5.54 Å². The molecule has 0 saturated heterocycles. The highest BCUT2D eigenvalue weighted by Gasteiger charge is 2.28. The van der Waals surface area contributed by atoms with Gasteiger partial charge in [-0.25, -0.2) is 4.79 Å². The fourth-order valence-corrected chi connectivity index (χ4v) is 1.55. The van der Waals surface area contributed by atoms with Crippen LogP contribution in [0.15, 0.2) is 27.3 Å². The third-order valence-electron chi connectivity index (χ3n) is 2.76. The van der Waals surface area contributed by atoms with Crippen molar-refractivity contribution < 1.29 is 23.6 Å². The zero-order chi connectivity index (χ0) is 15.5. The van der Waals surface area contributed by atoms with Crippen LogP contribution in [0.25, 0.3) is 11.6 Å². The first-order chi connectivity index (χ1) is 9.88. The molecular formula is C13H15N3O5. The Morgan fingerprint density at radius 3 is 2.81 bits per heavy atom. The van der Waals surface area contributed by atoms with Gasteiger partial charge in [-0.3, -0.25) is 4.79 Å². The number of nitrogens with one attached hydrogen (secondary N) is 1. The largest absolute Gasteiger partial charge is 0.480 e. The summed E-state index contributed by atoms with van der Waals surface area (Å²) < 4.78 is 10.1. The van der Waals surface area contributed by atoms with Crippen molar-refractivity contribution in [3.05, 3.63) is 24.3 Å². The minimum Gasteiger partial charge on any atom is -0.480 e. The minimum absolute atomic E-state index is 0.0521. The maximum Gasteiger partial charge on any atom is 0.328 e. The Morgan fingerprint density at radius 1 is 1.43 bits per heavy atom. The lowest BCUT2D eigenvalue weighted by atomic mass is 10.1. The number of aromatic nitrogens is 2. The van der Waals surface area contributed by atoms with Crippen molar-refractivity contribution in [2.75, 3.05) is 0 Å². The number of hydrogen-bond donors (Lipinski definition) is 2. The van der Waals surface area contributed by atoms with Crippen LogP contribution in [0, 0.1) is 0 Å². The van der Waals surface area contributed by atoms with Crippen molar-refractivity contribution in [3.63, 3.8) is 0 Å². The van der Waals surface area contributed by atoms with Crippen molar-refractivity contribution in [1.82, 2.24) is 15.5 Å². The van der Waals surface area contributed by atoms with E-state index in [2.05, 4.69) is 15.5 Å². The fraction of sp³-hybridized carbons (Fsp3) is 0.385. The standard InChI is InChI=1S/C13H15N3O5/c1-13(2,12(18)19)15-9(17)5-6-10-14-11(16-21-10)8-4-3-7-20-8/h3-4,7H,5-6H2,1-2H3,(H,15,17)(H,18,19). The second-order valence-corrected chi connectivity index (χ2v) is 4.97. The monoisotopic (exact) mass is 293 g/mol. The molecule has 0 saturated carbocycles. The Balaban J connectivity index is 1.89. The number of aliphatic carboxylic acids is 1. The van der Waals surface area contributed by atoms with E-state index in [1.54, 1.807) is 12.1 Å². The lowest BCUT2D eigenvalue weighted by Gasteiger charge is -2.20. The van der Waals surface area contributed by atoms with E-state index in [4.69, 9.17) is 14.0 Å². The smallest absolute Gasteiger partial charge is 0.328 e. The lowest BCUT2D eigenvalue weighted by molar-refractivity contribution is -0.146. The number of carbonyl (C=O) groups excluding carboxylic acids is 1. The second-order valence-electron chi connectivity index (χ2n) is 4.97. The molecule has 0 aromatic carbocycles. The average molecular weight is 293 g/mol. The Kier molecular flexibility index (Phi) is 4.06. The van der Waals surface area contributed by atoms with Gasteiger partial charge in [0.05, 0.1) is 6.26 Å².